The van der Waals surface area contributed by atoms with E-state index in [1.54, 1.807) is 4.90 Å². The van der Waals surface area contributed by atoms with E-state index in [1.165, 1.54) is 18.0 Å². The van der Waals surface area contributed by atoms with Crippen LogP contribution in [0.25, 0.3) is 11.0 Å². The first-order valence-electron chi connectivity index (χ1n) is 9.80. The molecule has 1 aliphatic heterocycles. The van der Waals surface area contributed by atoms with Crippen molar-refractivity contribution in [1.82, 2.24) is 14.9 Å². The number of imidazole rings is 1. The van der Waals surface area contributed by atoms with Crippen molar-refractivity contribution in [3.8, 4) is 0 Å². The van der Waals surface area contributed by atoms with Gasteiger partial charge in [-0.25, -0.2) is 4.98 Å². The van der Waals surface area contributed by atoms with E-state index in [-0.39, 0.29) is 5.78 Å². The van der Waals surface area contributed by atoms with Gasteiger partial charge in [-0.15, -0.1) is 0 Å². The second-order valence-electron chi connectivity index (χ2n) is 7.42. The molecule has 0 amide bonds. The summed E-state index contributed by atoms with van der Waals surface area (Å²) in [6.07, 6.45) is 3.50. The van der Waals surface area contributed by atoms with Crippen molar-refractivity contribution < 1.29 is 9.21 Å². The molecule has 0 saturated heterocycles. The highest BCUT2D eigenvalue weighted by molar-refractivity contribution is 7.99. The van der Waals surface area contributed by atoms with Crippen LogP contribution in [-0.4, -0.2) is 33.5 Å². The lowest BCUT2D eigenvalue weighted by molar-refractivity contribution is -0.116. The molecule has 1 atom stereocenters. The molecular weight excluding hydrogens is 398 g/mol. The van der Waals surface area contributed by atoms with Gasteiger partial charge in [0.25, 0.3) is 0 Å². The quantitative estimate of drug-likeness (QED) is 0.588. The van der Waals surface area contributed by atoms with E-state index < -0.39 is 5.92 Å². The van der Waals surface area contributed by atoms with Gasteiger partial charge in [0, 0.05) is 36.5 Å². The zero-order chi connectivity index (χ0) is 20.8. The number of para-hydroxylation sites is 2. The number of ketones is 1. The van der Waals surface area contributed by atoms with E-state index in [0.717, 1.165) is 34.7 Å². The Morgan fingerprint density at radius 2 is 2.13 bits per heavy atom. The molecule has 0 spiro atoms. The molecular formula is C22H21N5O2S. The number of Topliss-reactive ketones (excluding diaryl/α,β-unsaturated/α-hetero) is 1. The van der Waals surface area contributed by atoms with Crippen LogP contribution in [0, 0.1) is 5.41 Å². The second kappa shape index (κ2) is 7.21. The van der Waals surface area contributed by atoms with E-state index in [4.69, 9.17) is 15.6 Å². The number of hydrogen-bond acceptors (Lipinski definition) is 6. The van der Waals surface area contributed by atoms with Crippen molar-refractivity contribution in [3.63, 3.8) is 0 Å². The molecule has 0 saturated carbocycles. The molecule has 1 unspecified atom stereocenters. The van der Waals surface area contributed by atoms with E-state index in [0.29, 0.717) is 34.3 Å². The Hall–Kier alpha value is -3.26. The Bertz CT molecular complexity index is 1200. The predicted molar refractivity (Wildman–Crippen MR) is 115 cm³/mol. The normalized spacial score (nSPS) is 21.0. The smallest absolute Gasteiger partial charge is 0.174 e. The summed E-state index contributed by atoms with van der Waals surface area (Å²) in [5, 5.41) is 9.93. The molecule has 152 valence electrons. The number of nitrogens with zero attached hydrogens (tertiary/aromatic N) is 2. The summed E-state index contributed by atoms with van der Waals surface area (Å²) in [5.74, 6) is 0.569. The predicted octanol–water partition coefficient (Wildman–Crippen LogP) is 4.16. The summed E-state index contributed by atoms with van der Waals surface area (Å²) < 4.78 is 6.14. The highest BCUT2D eigenvalue weighted by Gasteiger charge is 2.41. The van der Waals surface area contributed by atoms with Crippen LogP contribution in [0.2, 0.25) is 0 Å². The molecule has 0 bridgehead atoms. The first-order chi connectivity index (χ1) is 14.6. The number of aromatic nitrogens is 2. The van der Waals surface area contributed by atoms with Gasteiger partial charge in [-0.05, 0) is 48.9 Å². The van der Waals surface area contributed by atoms with Crippen LogP contribution in [0.1, 0.15) is 30.9 Å². The number of nitrogens with one attached hydrogen (secondary N) is 2. The molecule has 8 heteroatoms. The monoisotopic (exact) mass is 419 g/mol. The molecule has 7 nitrogen and oxygen atoms in total. The van der Waals surface area contributed by atoms with Gasteiger partial charge in [-0.2, -0.15) is 0 Å². The molecule has 3 aromatic rings. The number of rotatable bonds is 3. The molecule has 1 aliphatic carbocycles. The number of furan rings is 1. The number of allylic oxidation sites excluding steroid dienone is 2. The Kier molecular flexibility index (Phi) is 4.51. The molecule has 0 fully saturated rings. The number of hydrogen-bond donors (Lipinski definition) is 3. The minimum absolute atomic E-state index is 0.0998. The third-order valence-electron chi connectivity index (χ3n) is 5.67. The molecule has 2 aliphatic rings. The molecule has 3 heterocycles. The zero-order valence-corrected chi connectivity index (χ0v) is 17.3. The highest BCUT2D eigenvalue weighted by atomic mass is 32.2. The Morgan fingerprint density at radius 1 is 1.30 bits per heavy atom. The first-order valence-corrected chi connectivity index (χ1v) is 10.6. The standard InChI is InChI=1S/C22H21N5O2S/c1-27-15-7-4-8-16(28)20(15)19(12(11-23)21(27)24)17-9-10-18(29-17)30-22-25-13-5-2-3-6-14(13)26-22/h2-3,5-6,9-11,19,24H,4,7-8,23H2,1H3,(H,25,26)/b12-11-,24-21?. The lowest BCUT2D eigenvalue weighted by Gasteiger charge is -2.38. The van der Waals surface area contributed by atoms with Crippen LogP contribution in [0.3, 0.4) is 0 Å². The van der Waals surface area contributed by atoms with Gasteiger partial charge >= 0.3 is 0 Å². The number of benzene rings is 1. The van der Waals surface area contributed by atoms with Crippen molar-refractivity contribution >= 4 is 34.4 Å². The summed E-state index contributed by atoms with van der Waals surface area (Å²) >= 11 is 1.39. The van der Waals surface area contributed by atoms with Gasteiger partial charge < -0.3 is 20.0 Å². The topological polar surface area (TPSA) is 112 Å². The van der Waals surface area contributed by atoms with Crippen LogP contribution in [0.4, 0.5) is 0 Å². The summed E-state index contributed by atoms with van der Waals surface area (Å²) in [5.41, 5.74) is 9.94. The van der Waals surface area contributed by atoms with Crippen LogP contribution >= 0.6 is 11.8 Å². The maximum absolute atomic E-state index is 12.8. The van der Waals surface area contributed by atoms with Crippen molar-refractivity contribution in [2.24, 2.45) is 5.73 Å². The number of carbonyl (C=O) groups is 1. The van der Waals surface area contributed by atoms with E-state index in [2.05, 4.69) is 9.97 Å². The van der Waals surface area contributed by atoms with Crippen LogP contribution < -0.4 is 5.73 Å². The van der Waals surface area contributed by atoms with E-state index in [1.807, 2.05) is 43.4 Å². The van der Waals surface area contributed by atoms with Crippen molar-refractivity contribution in [1.29, 1.82) is 5.41 Å². The fourth-order valence-corrected chi connectivity index (χ4v) is 5.00. The first kappa shape index (κ1) is 18.7. The van der Waals surface area contributed by atoms with Crippen LogP contribution in [0.15, 0.2) is 74.1 Å². The fraction of sp³-hybridized carbons (Fsp3) is 0.227. The van der Waals surface area contributed by atoms with Gasteiger partial charge in [0.2, 0.25) is 0 Å². The lowest BCUT2D eigenvalue weighted by atomic mass is 9.77. The second-order valence-corrected chi connectivity index (χ2v) is 8.41. The Labute approximate surface area is 177 Å². The van der Waals surface area contributed by atoms with Gasteiger partial charge in [0.05, 0.1) is 17.0 Å². The molecule has 0 radical (unpaired) electrons. The maximum atomic E-state index is 12.8. The summed E-state index contributed by atoms with van der Waals surface area (Å²) in [6.45, 7) is 0. The lowest BCUT2D eigenvalue weighted by Crippen LogP contribution is -2.39. The van der Waals surface area contributed by atoms with Crippen LogP contribution in [-0.2, 0) is 4.79 Å². The van der Waals surface area contributed by atoms with E-state index in [9.17, 15) is 4.79 Å². The molecule has 2 aromatic heterocycles. The number of likely N-dealkylation sites (N-methyl/N-ethyl adjacent to an activating group) is 1. The average Bonchev–Trinajstić information content (AvgIpc) is 3.37. The highest BCUT2D eigenvalue weighted by Crippen LogP contribution is 2.45. The molecule has 1 aromatic carbocycles. The number of amidine groups is 1. The maximum Gasteiger partial charge on any atom is 0.174 e. The SMILES string of the molecule is CN1C(=N)/C(=C\N)C(c2ccc(Sc3nc4ccccc4[nH]3)o2)C2=C1CCCC2=O. The third kappa shape index (κ3) is 2.95. The number of aromatic amines is 1. The largest absolute Gasteiger partial charge is 0.453 e. The zero-order valence-electron chi connectivity index (χ0n) is 16.4. The molecule has 4 N–H and O–H groups in total. The van der Waals surface area contributed by atoms with Gasteiger partial charge in [0.1, 0.15) is 11.6 Å². The van der Waals surface area contributed by atoms with Gasteiger partial charge in [-0.3, -0.25) is 10.2 Å². The van der Waals surface area contributed by atoms with Gasteiger partial charge in [-0.1, -0.05) is 12.1 Å². The van der Waals surface area contributed by atoms with Crippen molar-refractivity contribution in [2.45, 2.75) is 35.4 Å². The van der Waals surface area contributed by atoms with Crippen LogP contribution in [0.5, 0.6) is 0 Å². The van der Waals surface area contributed by atoms with Crippen molar-refractivity contribution in [3.05, 3.63) is 65.2 Å². The Morgan fingerprint density at radius 3 is 2.93 bits per heavy atom. The molecule has 30 heavy (non-hydrogen) atoms. The number of fused-ring (bicyclic) bond motifs is 1. The van der Waals surface area contributed by atoms with E-state index >= 15 is 0 Å². The van der Waals surface area contributed by atoms with Crippen molar-refractivity contribution in [2.75, 3.05) is 7.05 Å². The molecule has 5 rings (SSSR count). The Balaban J connectivity index is 1.52. The third-order valence-corrected chi connectivity index (χ3v) is 6.48. The number of nitrogens with two attached hydrogens (primary N) is 1. The average molecular weight is 420 g/mol. The fourth-order valence-electron chi connectivity index (χ4n) is 4.23. The summed E-state index contributed by atoms with van der Waals surface area (Å²) in [4.78, 5) is 22.5. The minimum Gasteiger partial charge on any atom is -0.453 e. The summed E-state index contributed by atoms with van der Waals surface area (Å²) in [6, 6.07) is 11.6. The summed E-state index contributed by atoms with van der Waals surface area (Å²) in [7, 11) is 1.82. The minimum atomic E-state index is -0.452. The number of carbonyl (C=O) groups excluding carboxylic acids is 1. The van der Waals surface area contributed by atoms with Gasteiger partial charge in [0.15, 0.2) is 16.0 Å². The number of H-pyrrole nitrogens is 1.